The summed E-state index contributed by atoms with van der Waals surface area (Å²) in [6.07, 6.45) is 1.24. The van der Waals surface area contributed by atoms with Crippen LogP contribution in [0, 0.1) is 19.8 Å². The highest BCUT2D eigenvalue weighted by Gasteiger charge is 2.11. The second kappa shape index (κ2) is 6.92. The summed E-state index contributed by atoms with van der Waals surface area (Å²) in [6, 6.07) is 5.77. The standard InChI is InChI=1S/C15H21NO3/c1-10-6-7-11(2)13(9-10)14(17)16-8-4-5-12(3)15(18)19/h6-7,9,12H,4-5,8H2,1-3H3,(H,16,17)(H,18,19). The quantitative estimate of drug-likeness (QED) is 0.775. The lowest BCUT2D eigenvalue weighted by Gasteiger charge is -2.09. The summed E-state index contributed by atoms with van der Waals surface area (Å²) in [7, 11) is 0. The van der Waals surface area contributed by atoms with E-state index >= 15 is 0 Å². The average molecular weight is 263 g/mol. The van der Waals surface area contributed by atoms with Crippen molar-refractivity contribution in [3.8, 4) is 0 Å². The van der Waals surface area contributed by atoms with Crippen LogP contribution < -0.4 is 5.32 Å². The van der Waals surface area contributed by atoms with Crippen molar-refractivity contribution in [3.63, 3.8) is 0 Å². The Morgan fingerprint density at radius 1 is 1.32 bits per heavy atom. The molecule has 4 heteroatoms. The molecule has 1 unspecified atom stereocenters. The van der Waals surface area contributed by atoms with Gasteiger partial charge in [0.2, 0.25) is 0 Å². The van der Waals surface area contributed by atoms with Crippen molar-refractivity contribution < 1.29 is 14.7 Å². The van der Waals surface area contributed by atoms with Gasteiger partial charge in [-0.3, -0.25) is 9.59 Å². The van der Waals surface area contributed by atoms with E-state index < -0.39 is 5.97 Å². The number of benzene rings is 1. The lowest BCUT2D eigenvalue weighted by atomic mass is 10.0. The largest absolute Gasteiger partial charge is 0.481 e. The van der Waals surface area contributed by atoms with Crippen LogP contribution in [0.1, 0.15) is 41.3 Å². The molecule has 19 heavy (non-hydrogen) atoms. The minimum atomic E-state index is -0.791. The smallest absolute Gasteiger partial charge is 0.306 e. The molecule has 1 aromatic carbocycles. The molecule has 4 nitrogen and oxygen atoms in total. The Morgan fingerprint density at radius 3 is 2.63 bits per heavy atom. The molecule has 1 rings (SSSR count). The maximum Gasteiger partial charge on any atom is 0.306 e. The number of carboxylic acids is 1. The Morgan fingerprint density at radius 2 is 2.00 bits per heavy atom. The van der Waals surface area contributed by atoms with Gasteiger partial charge in [0.15, 0.2) is 0 Å². The number of rotatable bonds is 6. The van der Waals surface area contributed by atoms with Crippen LogP contribution in [0.15, 0.2) is 18.2 Å². The van der Waals surface area contributed by atoms with Crippen molar-refractivity contribution in [2.24, 2.45) is 5.92 Å². The van der Waals surface area contributed by atoms with Crippen LogP contribution in [0.25, 0.3) is 0 Å². The van der Waals surface area contributed by atoms with E-state index in [4.69, 9.17) is 5.11 Å². The molecule has 0 aromatic heterocycles. The number of aryl methyl sites for hydroxylation is 2. The SMILES string of the molecule is Cc1ccc(C)c(C(=O)NCCCC(C)C(=O)O)c1. The van der Waals surface area contributed by atoms with Crippen molar-refractivity contribution in [1.29, 1.82) is 0 Å². The fraction of sp³-hybridized carbons (Fsp3) is 0.467. The first kappa shape index (κ1) is 15.2. The maximum atomic E-state index is 12.0. The number of nitrogens with one attached hydrogen (secondary N) is 1. The molecule has 0 saturated carbocycles. The second-order valence-corrected chi connectivity index (χ2v) is 4.96. The van der Waals surface area contributed by atoms with Gasteiger partial charge < -0.3 is 10.4 Å². The molecule has 1 amide bonds. The number of carboxylic acid groups (broad SMARTS) is 1. The zero-order valence-corrected chi connectivity index (χ0v) is 11.7. The van der Waals surface area contributed by atoms with Crippen molar-refractivity contribution in [1.82, 2.24) is 5.32 Å². The third-order valence-electron chi connectivity index (χ3n) is 3.16. The lowest BCUT2D eigenvalue weighted by molar-refractivity contribution is -0.141. The molecule has 0 aliphatic carbocycles. The number of amides is 1. The lowest BCUT2D eigenvalue weighted by Crippen LogP contribution is -2.26. The zero-order valence-electron chi connectivity index (χ0n) is 11.7. The number of carbonyl (C=O) groups is 2. The third-order valence-corrected chi connectivity index (χ3v) is 3.16. The minimum Gasteiger partial charge on any atom is -0.481 e. The van der Waals surface area contributed by atoms with Crippen molar-refractivity contribution in [3.05, 3.63) is 34.9 Å². The maximum absolute atomic E-state index is 12.0. The second-order valence-electron chi connectivity index (χ2n) is 4.96. The van der Waals surface area contributed by atoms with Gasteiger partial charge in [-0.15, -0.1) is 0 Å². The highest BCUT2D eigenvalue weighted by molar-refractivity contribution is 5.95. The molecule has 0 aliphatic heterocycles. The topological polar surface area (TPSA) is 66.4 Å². The van der Waals surface area contributed by atoms with Crippen LogP contribution in [0.4, 0.5) is 0 Å². The summed E-state index contributed by atoms with van der Waals surface area (Å²) in [5, 5.41) is 11.6. The summed E-state index contributed by atoms with van der Waals surface area (Å²) < 4.78 is 0. The Kier molecular flexibility index (Phi) is 5.55. The van der Waals surface area contributed by atoms with E-state index in [-0.39, 0.29) is 11.8 Å². The van der Waals surface area contributed by atoms with Gasteiger partial charge in [0.25, 0.3) is 5.91 Å². The summed E-state index contributed by atoms with van der Waals surface area (Å²) >= 11 is 0. The first-order valence-corrected chi connectivity index (χ1v) is 6.50. The number of hydrogen-bond donors (Lipinski definition) is 2. The van der Waals surface area contributed by atoms with Gasteiger partial charge in [-0.1, -0.05) is 24.6 Å². The van der Waals surface area contributed by atoms with Crippen LogP contribution in [0.5, 0.6) is 0 Å². The summed E-state index contributed by atoms with van der Waals surface area (Å²) in [6.45, 7) is 6.03. The van der Waals surface area contributed by atoms with Crippen LogP contribution in [-0.4, -0.2) is 23.5 Å². The molecule has 0 heterocycles. The Labute approximate surface area is 113 Å². The van der Waals surface area contributed by atoms with Crippen LogP contribution >= 0.6 is 0 Å². The molecular formula is C15H21NO3. The van der Waals surface area contributed by atoms with Crippen molar-refractivity contribution in [2.45, 2.75) is 33.6 Å². The van der Waals surface area contributed by atoms with E-state index in [1.807, 2.05) is 32.0 Å². The molecule has 0 fully saturated rings. The van der Waals surface area contributed by atoms with Gasteiger partial charge in [-0.05, 0) is 38.3 Å². The van der Waals surface area contributed by atoms with Crippen LogP contribution in [-0.2, 0) is 4.79 Å². The molecule has 0 spiro atoms. The van der Waals surface area contributed by atoms with E-state index in [9.17, 15) is 9.59 Å². The van der Waals surface area contributed by atoms with Crippen molar-refractivity contribution in [2.75, 3.05) is 6.54 Å². The fourth-order valence-corrected chi connectivity index (χ4v) is 1.81. The number of hydrogen-bond acceptors (Lipinski definition) is 2. The Balaban J connectivity index is 2.43. The van der Waals surface area contributed by atoms with Gasteiger partial charge in [-0.2, -0.15) is 0 Å². The minimum absolute atomic E-state index is 0.0934. The van der Waals surface area contributed by atoms with E-state index in [0.29, 0.717) is 24.9 Å². The first-order chi connectivity index (χ1) is 8.91. The zero-order chi connectivity index (χ0) is 14.4. The molecular weight excluding hydrogens is 242 g/mol. The number of aliphatic carboxylic acids is 1. The highest BCUT2D eigenvalue weighted by Crippen LogP contribution is 2.10. The third kappa shape index (κ3) is 4.73. The first-order valence-electron chi connectivity index (χ1n) is 6.50. The van der Waals surface area contributed by atoms with E-state index in [1.165, 1.54) is 0 Å². The number of carbonyl (C=O) groups excluding carboxylic acids is 1. The Bertz CT molecular complexity index is 468. The van der Waals surface area contributed by atoms with Crippen molar-refractivity contribution >= 4 is 11.9 Å². The van der Waals surface area contributed by atoms with Gasteiger partial charge in [0.05, 0.1) is 5.92 Å². The van der Waals surface area contributed by atoms with Gasteiger partial charge >= 0.3 is 5.97 Å². The predicted molar refractivity (Wildman–Crippen MR) is 74.3 cm³/mol. The van der Waals surface area contributed by atoms with E-state index in [2.05, 4.69) is 5.32 Å². The summed E-state index contributed by atoms with van der Waals surface area (Å²) in [4.78, 5) is 22.6. The predicted octanol–water partition coefficient (Wildman–Crippen LogP) is 2.53. The molecule has 2 N–H and O–H groups in total. The van der Waals surface area contributed by atoms with Crippen LogP contribution in [0.2, 0.25) is 0 Å². The molecule has 0 bridgehead atoms. The molecule has 104 valence electrons. The molecule has 1 atom stereocenters. The molecule has 0 radical (unpaired) electrons. The van der Waals surface area contributed by atoms with Gasteiger partial charge in [-0.25, -0.2) is 0 Å². The highest BCUT2D eigenvalue weighted by atomic mass is 16.4. The van der Waals surface area contributed by atoms with E-state index in [0.717, 1.165) is 11.1 Å². The van der Waals surface area contributed by atoms with Crippen LogP contribution in [0.3, 0.4) is 0 Å². The normalized spacial score (nSPS) is 11.9. The molecule has 1 aromatic rings. The molecule has 0 saturated heterocycles. The fourth-order valence-electron chi connectivity index (χ4n) is 1.81. The average Bonchev–Trinajstić information content (AvgIpc) is 2.36. The summed E-state index contributed by atoms with van der Waals surface area (Å²) in [5.74, 6) is -1.25. The monoisotopic (exact) mass is 263 g/mol. The van der Waals surface area contributed by atoms with E-state index in [1.54, 1.807) is 6.92 Å². The van der Waals surface area contributed by atoms with Gasteiger partial charge in [0.1, 0.15) is 0 Å². The molecule has 0 aliphatic rings. The van der Waals surface area contributed by atoms with Gasteiger partial charge in [0, 0.05) is 12.1 Å². The Hall–Kier alpha value is -1.84. The summed E-state index contributed by atoms with van der Waals surface area (Å²) in [5.41, 5.74) is 2.68.